The van der Waals surface area contributed by atoms with Gasteiger partial charge in [0.1, 0.15) is 0 Å². The Bertz CT molecular complexity index is 520. The SMILES string of the molecule is CCc1ccc(C(CS(=O)c2cccs2)NC)cc1. The van der Waals surface area contributed by atoms with Gasteiger partial charge in [-0.1, -0.05) is 37.3 Å². The van der Waals surface area contributed by atoms with Crippen molar-refractivity contribution >= 4 is 22.1 Å². The lowest BCUT2D eigenvalue weighted by molar-refractivity contribution is 0.636. The summed E-state index contributed by atoms with van der Waals surface area (Å²) in [7, 11) is 0.987. The fourth-order valence-electron chi connectivity index (χ4n) is 1.96. The van der Waals surface area contributed by atoms with Crippen LogP contribution in [0.1, 0.15) is 24.1 Å². The van der Waals surface area contributed by atoms with E-state index in [0.717, 1.165) is 10.6 Å². The minimum absolute atomic E-state index is 0.133. The summed E-state index contributed by atoms with van der Waals surface area (Å²) in [4.78, 5) is 0. The highest BCUT2D eigenvalue weighted by Gasteiger charge is 2.15. The van der Waals surface area contributed by atoms with E-state index in [4.69, 9.17) is 0 Å². The molecule has 1 aromatic carbocycles. The largest absolute Gasteiger partial charge is 0.312 e. The molecule has 0 fully saturated rings. The quantitative estimate of drug-likeness (QED) is 0.884. The molecular weight excluding hydrogens is 274 g/mol. The molecule has 0 aliphatic rings. The van der Waals surface area contributed by atoms with Gasteiger partial charge >= 0.3 is 0 Å². The molecular formula is C15H19NOS2. The van der Waals surface area contributed by atoms with Gasteiger partial charge in [-0.2, -0.15) is 0 Å². The predicted octanol–water partition coefficient (Wildman–Crippen LogP) is 3.38. The molecule has 0 bridgehead atoms. The topological polar surface area (TPSA) is 29.1 Å². The third-order valence-corrected chi connectivity index (χ3v) is 5.91. The van der Waals surface area contributed by atoms with Crippen LogP contribution in [0.25, 0.3) is 0 Å². The van der Waals surface area contributed by atoms with Crippen LogP contribution < -0.4 is 5.32 Å². The molecule has 1 N–H and O–H groups in total. The van der Waals surface area contributed by atoms with Gasteiger partial charge in [0.15, 0.2) is 0 Å². The Kier molecular flexibility index (Phi) is 5.31. The fourth-order valence-corrected chi connectivity index (χ4v) is 4.26. The minimum Gasteiger partial charge on any atom is -0.312 e. The molecule has 2 nitrogen and oxygen atoms in total. The van der Waals surface area contributed by atoms with Crippen molar-refractivity contribution in [3.05, 3.63) is 52.9 Å². The molecule has 19 heavy (non-hydrogen) atoms. The van der Waals surface area contributed by atoms with Crippen molar-refractivity contribution < 1.29 is 4.21 Å². The normalized spacial score (nSPS) is 14.2. The molecule has 2 aromatic rings. The second-order valence-corrected chi connectivity index (χ2v) is 7.05. The van der Waals surface area contributed by atoms with Crippen molar-refractivity contribution in [1.82, 2.24) is 5.32 Å². The summed E-state index contributed by atoms with van der Waals surface area (Å²) < 4.78 is 13.2. The lowest BCUT2D eigenvalue weighted by Crippen LogP contribution is -2.22. The maximum atomic E-state index is 12.3. The second-order valence-electron chi connectivity index (χ2n) is 4.38. The smallest absolute Gasteiger partial charge is 0.0911 e. The molecule has 2 atom stereocenters. The van der Waals surface area contributed by atoms with E-state index >= 15 is 0 Å². The molecule has 102 valence electrons. The Morgan fingerprint density at radius 1 is 1.26 bits per heavy atom. The van der Waals surface area contributed by atoms with Crippen LogP contribution in [0.3, 0.4) is 0 Å². The van der Waals surface area contributed by atoms with Gasteiger partial charge in [0.05, 0.1) is 15.0 Å². The number of hydrogen-bond donors (Lipinski definition) is 1. The average molecular weight is 293 g/mol. The number of nitrogens with one attached hydrogen (secondary N) is 1. The van der Waals surface area contributed by atoms with E-state index in [2.05, 4.69) is 36.5 Å². The lowest BCUT2D eigenvalue weighted by Gasteiger charge is -2.16. The zero-order valence-electron chi connectivity index (χ0n) is 11.3. The van der Waals surface area contributed by atoms with E-state index in [0.29, 0.717) is 5.75 Å². The maximum Gasteiger partial charge on any atom is 0.0911 e. The van der Waals surface area contributed by atoms with E-state index in [-0.39, 0.29) is 6.04 Å². The molecule has 0 aliphatic carbocycles. The Hall–Kier alpha value is -0.970. The van der Waals surface area contributed by atoms with Crippen molar-refractivity contribution in [2.75, 3.05) is 12.8 Å². The zero-order valence-corrected chi connectivity index (χ0v) is 12.9. The highest BCUT2D eigenvalue weighted by molar-refractivity contribution is 7.87. The Labute approximate surface area is 121 Å². The summed E-state index contributed by atoms with van der Waals surface area (Å²) in [5.41, 5.74) is 2.53. The van der Waals surface area contributed by atoms with Gasteiger partial charge in [0.25, 0.3) is 0 Å². The molecule has 1 heterocycles. The summed E-state index contributed by atoms with van der Waals surface area (Å²) in [5, 5.41) is 5.23. The van der Waals surface area contributed by atoms with E-state index in [9.17, 15) is 4.21 Å². The number of benzene rings is 1. The van der Waals surface area contributed by atoms with Crippen molar-refractivity contribution in [3.63, 3.8) is 0 Å². The van der Waals surface area contributed by atoms with Crippen molar-refractivity contribution in [1.29, 1.82) is 0 Å². The summed E-state index contributed by atoms with van der Waals surface area (Å²) >= 11 is 1.56. The first-order valence-corrected chi connectivity index (χ1v) is 8.62. The van der Waals surface area contributed by atoms with E-state index in [1.54, 1.807) is 11.3 Å². The molecule has 0 amide bonds. The molecule has 0 radical (unpaired) electrons. The van der Waals surface area contributed by atoms with Crippen molar-refractivity contribution in [3.8, 4) is 0 Å². The molecule has 0 saturated carbocycles. The predicted molar refractivity (Wildman–Crippen MR) is 83.2 cm³/mol. The number of aryl methyl sites for hydroxylation is 1. The summed E-state index contributed by atoms with van der Waals surface area (Å²) in [6.07, 6.45) is 1.05. The van der Waals surface area contributed by atoms with Crippen LogP contribution in [-0.4, -0.2) is 17.0 Å². The molecule has 2 rings (SSSR count). The third kappa shape index (κ3) is 3.75. The lowest BCUT2D eigenvalue weighted by atomic mass is 10.1. The van der Waals surface area contributed by atoms with E-state index in [1.165, 1.54) is 11.1 Å². The van der Waals surface area contributed by atoms with E-state index in [1.807, 2.05) is 24.6 Å². The minimum atomic E-state index is -0.934. The Morgan fingerprint density at radius 3 is 2.53 bits per heavy atom. The molecule has 4 heteroatoms. The van der Waals surface area contributed by atoms with E-state index < -0.39 is 10.8 Å². The summed E-state index contributed by atoms with van der Waals surface area (Å²) in [5.74, 6) is 0.614. The Balaban J connectivity index is 2.09. The zero-order chi connectivity index (χ0) is 13.7. The van der Waals surface area contributed by atoms with Crippen LogP contribution in [0.2, 0.25) is 0 Å². The summed E-state index contributed by atoms with van der Waals surface area (Å²) in [6, 6.07) is 12.6. The average Bonchev–Trinajstić information content (AvgIpc) is 2.99. The van der Waals surface area contributed by atoms with Gasteiger partial charge in [0.2, 0.25) is 0 Å². The van der Waals surface area contributed by atoms with Gasteiger partial charge in [-0.05, 0) is 36.0 Å². The third-order valence-electron chi connectivity index (χ3n) is 3.18. The van der Waals surface area contributed by atoms with Crippen LogP contribution in [0.15, 0.2) is 46.0 Å². The first kappa shape index (κ1) is 14.4. The second kappa shape index (κ2) is 6.98. The van der Waals surface area contributed by atoms with Crippen molar-refractivity contribution in [2.45, 2.75) is 23.6 Å². The van der Waals surface area contributed by atoms with Crippen LogP contribution in [0.5, 0.6) is 0 Å². The standard InChI is InChI=1S/C15H19NOS2/c1-3-12-6-8-13(9-7-12)14(16-2)11-19(17)15-5-4-10-18-15/h4-10,14,16H,3,11H2,1-2H3. The van der Waals surface area contributed by atoms with Gasteiger partial charge in [-0.25, -0.2) is 0 Å². The molecule has 0 spiro atoms. The van der Waals surface area contributed by atoms with Gasteiger partial charge < -0.3 is 5.32 Å². The van der Waals surface area contributed by atoms with Crippen LogP contribution >= 0.6 is 11.3 Å². The van der Waals surface area contributed by atoms with Crippen LogP contribution in [-0.2, 0) is 17.2 Å². The highest BCUT2D eigenvalue weighted by Crippen LogP contribution is 2.20. The first-order chi connectivity index (χ1) is 9.24. The maximum absolute atomic E-state index is 12.3. The number of hydrogen-bond acceptors (Lipinski definition) is 3. The molecule has 0 saturated heterocycles. The monoisotopic (exact) mass is 293 g/mol. The Morgan fingerprint density at radius 2 is 2.00 bits per heavy atom. The van der Waals surface area contributed by atoms with Gasteiger partial charge in [-0.15, -0.1) is 11.3 Å². The number of thiophene rings is 1. The highest BCUT2D eigenvalue weighted by atomic mass is 32.2. The summed E-state index contributed by atoms with van der Waals surface area (Å²) in [6.45, 7) is 2.15. The van der Waals surface area contributed by atoms with Gasteiger partial charge in [-0.3, -0.25) is 4.21 Å². The molecule has 1 aromatic heterocycles. The number of rotatable bonds is 6. The molecule has 0 aliphatic heterocycles. The van der Waals surface area contributed by atoms with Crippen molar-refractivity contribution in [2.24, 2.45) is 0 Å². The van der Waals surface area contributed by atoms with Crippen LogP contribution in [0, 0.1) is 0 Å². The van der Waals surface area contributed by atoms with Crippen LogP contribution in [0.4, 0.5) is 0 Å². The fraction of sp³-hybridized carbons (Fsp3) is 0.333. The van der Waals surface area contributed by atoms with Gasteiger partial charge in [0, 0.05) is 11.8 Å². The molecule has 2 unspecified atom stereocenters. The first-order valence-electron chi connectivity index (χ1n) is 6.42.